The molecule has 2 fully saturated rings. The molecule has 0 amide bonds. The molecule has 1 saturated heterocycles. The zero-order chi connectivity index (χ0) is 26.4. The Balaban J connectivity index is 1.32. The van der Waals surface area contributed by atoms with Crippen LogP contribution in [0.1, 0.15) is 29.2 Å². The van der Waals surface area contributed by atoms with Crippen molar-refractivity contribution in [2.45, 2.75) is 18.9 Å². The van der Waals surface area contributed by atoms with E-state index in [9.17, 15) is 14.7 Å². The number of halogens is 1. The third-order valence-corrected chi connectivity index (χ3v) is 7.31. The summed E-state index contributed by atoms with van der Waals surface area (Å²) in [6.07, 6.45) is 17.3. The quantitative estimate of drug-likeness (QED) is 0.588. The molecule has 0 aromatic carbocycles. The summed E-state index contributed by atoms with van der Waals surface area (Å²) >= 11 is 0. The minimum Gasteiger partial charge on any atom is -0.477 e. The second kappa shape index (κ2) is 9.51. The fourth-order valence-corrected chi connectivity index (χ4v) is 5.26. The number of aromatic carboxylic acids is 1. The van der Waals surface area contributed by atoms with E-state index in [0.29, 0.717) is 19.6 Å². The molecule has 10 heteroatoms. The normalized spacial score (nSPS) is 24.4. The Morgan fingerprint density at radius 2 is 2.11 bits per heavy atom. The third kappa shape index (κ3) is 4.25. The lowest BCUT2D eigenvalue weighted by molar-refractivity contribution is 0.0695. The van der Waals surface area contributed by atoms with Crippen molar-refractivity contribution in [3.63, 3.8) is 0 Å². The number of rotatable bonds is 6. The molecule has 1 N–H and O–H groups in total. The number of aromatic nitrogens is 2. The Labute approximate surface area is 217 Å². The molecule has 3 aliphatic carbocycles. The van der Waals surface area contributed by atoms with E-state index in [-0.39, 0.29) is 40.3 Å². The van der Waals surface area contributed by atoms with Gasteiger partial charge < -0.3 is 19.4 Å². The van der Waals surface area contributed by atoms with Crippen molar-refractivity contribution >= 4 is 34.2 Å². The number of oxime groups is 1. The monoisotopic (exact) mass is 515 g/mol. The number of carboxylic acids is 1. The number of carboxylic acid groups (broad SMARTS) is 1. The Morgan fingerprint density at radius 1 is 1.26 bits per heavy atom. The number of allylic oxidation sites excluding steroid dienone is 8. The molecule has 3 heterocycles. The summed E-state index contributed by atoms with van der Waals surface area (Å²) in [5.41, 5.74) is 2.04. The van der Waals surface area contributed by atoms with Crippen LogP contribution in [0.5, 0.6) is 0 Å². The Kier molecular flexibility index (Phi) is 6.01. The lowest BCUT2D eigenvalue weighted by Gasteiger charge is -2.21. The summed E-state index contributed by atoms with van der Waals surface area (Å²) in [5, 5.41) is 13.6. The number of carbonyl (C=O) groups is 1. The van der Waals surface area contributed by atoms with Crippen molar-refractivity contribution in [3.05, 3.63) is 82.0 Å². The van der Waals surface area contributed by atoms with Gasteiger partial charge in [-0.25, -0.2) is 14.2 Å². The first kappa shape index (κ1) is 24.0. The first-order chi connectivity index (χ1) is 18.4. The summed E-state index contributed by atoms with van der Waals surface area (Å²) in [6.45, 7) is 1.17. The van der Waals surface area contributed by atoms with E-state index in [1.807, 2.05) is 24.3 Å². The molecule has 2 aromatic heterocycles. The summed E-state index contributed by atoms with van der Waals surface area (Å²) in [7, 11) is 1.47. The SMILES string of the molecule is CON=C1CN(c2nc3c(cc2F)c(=O)c(C(=O)O)cn3C2CC2)CC1CN=C1C=CC=C2C=CC=CC21. The minimum atomic E-state index is -1.34. The molecule has 0 radical (unpaired) electrons. The summed E-state index contributed by atoms with van der Waals surface area (Å²) in [5.74, 6) is -1.94. The van der Waals surface area contributed by atoms with Crippen LogP contribution >= 0.6 is 0 Å². The van der Waals surface area contributed by atoms with E-state index in [1.54, 1.807) is 9.47 Å². The van der Waals surface area contributed by atoms with Gasteiger partial charge in [0.15, 0.2) is 11.6 Å². The van der Waals surface area contributed by atoms with Gasteiger partial charge in [-0.2, -0.15) is 0 Å². The topological polar surface area (TPSA) is 109 Å². The zero-order valence-electron chi connectivity index (χ0n) is 20.7. The molecule has 38 heavy (non-hydrogen) atoms. The third-order valence-electron chi connectivity index (χ3n) is 7.31. The molecule has 2 aromatic rings. The Bertz CT molecular complexity index is 1580. The minimum absolute atomic E-state index is 0.0338. The van der Waals surface area contributed by atoms with Gasteiger partial charge in [-0.05, 0) is 30.6 Å². The molecule has 4 aliphatic rings. The summed E-state index contributed by atoms with van der Waals surface area (Å²) < 4.78 is 17.1. The van der Waals surface area contributed by atoms with Crippen molar-refractivity contribution in [1.29, 1.82) is 0 Å². The van der Waals surface area contributed by atoms with Crippen LogP contribution in [0.4, 0.5) is 10.2 Å². The maximum Gasteiger partial charge on any atom is 0.341 e. The first-order valence-corrected chi connectivity index (χ1v) is 12.6. The van der Waals surface area contributed by atoms with Crippen molar-refractivity contribution < 1.29 is 19.1 Å². The molecular formula is C28H26FN5O4. The van der Waals surface area contributed by atoms with Gasteiger partial charge in [0.05, 0.1) is 17.6 Å². The fraction of sp³-hybridized carbons (Fsp3) is 0.321. The standard InChI is InChI=1S/C28H26FN5O4/c1-38-32-24-15-33(13-17(24)12-30-23-8-4-6-16-5-2-3-7-19(16)23)27-22(29)11-20-25(35)21(28(36)37)14-34(18-9-10-18)26(20)31-27/h2-8,11,14,17-19H,9-10,12-13,15H2,1H3,(H,36,37). The second-order valence-electron chi connectivity index (χ2n) is 9.84. The van der Waals surface area contributed by atoms with E-state index in [2.05, 4.69) is 28.4 Å². The van der Waals surface area contributed by atoms with Crippen LogP contribution in [0, 0.1) is 17.7 Å². The highest BCUT2D eigenvalue weighted by atomic mass is 19.1. The van der Waals surface area contributed by atoms with Crippen LogP contribution in [-0.4, -0.2) is 58.8 Å². The Hall–Kier alpha value is -4.34. The molecule has 194 valence electrons. The summed E-state index contributed by atoms with van der Waals surface area (Å²) in [4.78, 5) is 40.7. The number of fused-ring (bicyclic) bond motifs is 2. The predicted octanol–water partition coefficient (Wildman–Crippen LogP) is 3.69. The van der Waals surface area contributed by atoms with Gasteiger partial charge in [-0.15, -0.1) is 0 Å². The number of hydrogen-bond acceptors (Lipinski definition) is 7. The fourth-order valence-electron chi connectivity index (χ4n) is 5.26. The highest BCUT2D eigenvalue weighted by Crippen LogP contribution is 2.37. The molecule has 1 aliphatic heterocycles. The first-order valence-electron chi connectivity index (χ1n) is 12.6. The maximum absolute atomic E-state index is 15.4. The Morgan fingerprint density at radius 3 is 2.87 bits per heavy atom. The highest BCUT2D eigenvalue weighted by molar-refractivity contribution is 6.02. The van der Waals surface area contributed by atoms with Crippen LogP contribution in [0.2, 0.25) is 0 Å². The van der Waals surface area contributed by atoms with Gasteiger partial charge in [-0.3, -0.25) is 9.79 Å². The molecule has 2 unspecified atom stereocenters. The van der Waals surface area contributed by atoms with Crippen molar-refractivity contribution in [1.82, 2.24) is 9.55 Å². The largest absolute Gasteiger partial charge is 0.477 e. The summed E-state index contributed by atoms with van der Waals surface area (Å²) in [6, 6.07) is 1.15. The lowest BCUT2D eigenvalue weighted by Crippen LogP contribution is -2.25. The number of anilines is 1. The van der Waals surface area contributed by atoms with Gasteiger partial charge >= 0.3 is 5.97 Å². The molecule has 6 rings (SSSR count). The maximum atomic E-state index is 15.4. The number of nitrogens with zero attached hydrogens (tertiary/aromatic N) is 5. The van der Waals surface area contributed by atoms with Crippen molar-refractivity contribution in [2.24, 2.45) is 22.0 Å². The van der Waals surface area contributed by atoms with E-state index in [1.165, 1.54) is 18.9 Å². The average Bonchev–Trinajstić information content (AvgIpc) is 3.68. The highest BCUT2D eigenvalue weighted by Gasteiger charge is 2.34. The molecular weight excluding hydrogens is 489 g/mol. The number of aliphatic imine (C=N–C) groups is 1. The van der Waals surface area contributed by atoms with Crippen LogP contribution in [-0.2, 0) is 4.84 Å². The van der Waals surface area contributed by atoms with Gasteiger partial charge in [0, 0.05) is 42.9 Å². The molecule has 9 nitrogen and oxygen atoms in total. The van der Waals surface area contributed by atoms with Gasteiger partial charge in [0.2, 0.25) is 5.43 Å². The van der Waals surface area contributed by atoms with E-state index in [4.69, 9.17) is 9.83 Å². The second-order valence-corrected chi connectivity index (χ2v) is 9.84. The van der Waals surface area contributed by atoms with Crippen LogP contribution in [0.15, 0.2) is 75.3 Å². The predicted molar refractivity (Wildman–Crippen MR) is 143 cm³/mol. The van der Waals surface area contributed by atoms with Crippen LogP contribution in [0.3, 0.4) is 0 Å². The number of hydrogen-bond donors (Lipinski definition) is 1. The van der Waals surface area contributed by atoms with Crippen LogP contribution < -0.4 is 10.3 Å². The van der Waals surface area contributed by atoms with E-state index in [0.717, 1.165) is 30.3 Å². The zero-order valence-corrected chi connectivity index (χ0v) is 20.7. The lowest BCUT2D eigenvalue weighted by atomic mass is 9.86. The molecule has 1 saturated carbocycles. The van der Waals surface area contributed by atoms with Crippen molar-refractivity contribution in [3.8, 4) is 0 Å². The van der Waals surface area contributed by atoms with Gasteiger partial charge in [0.25, 0.3) is 0 Å². The number of pyridine rings is 2. The molecule has 0 bridgehead atoms. The smallest absolute Gasteiger partial charge is 0.341 e. The van der Waals surface area contributed by atoms with E-state index < -0.39 is 17.2 Å². The van der Waals surface area contributed by atoms with Gasteiger partial charge in [-0.1, -0.05) is 41.6 Å². The molecule has 0 spiro atoms. The average molecular weight is 516 g/mol. The van der Waals surface area contributed by atoms with Crippen molar-refractivity contribution in [2.75, 3.05) is 31.6 Å². The van der Waals surface area contributed by atoms with E-state index >= 15 is 4.39 Å². The van der Waals surface area contributed by atoms with Crippen LogP contribution in [0.25, 0.3) is 11.0 Å². The van der Waals surface area contributed by atoms with Gasteiger partial charge in [0.1, 0.15) is 18.3 Å². The molecule has 2 atom stereocenters.